The summed E-state index contributed by atoms with van der Waals surface area (Å²) >= 11 is 0. The van der Waals surface area contributed by atoms with Crippen molar-refractivity contribution in [1.29, 1.82) is 0 Å². The van der Waals surface area contributed by atoms with Crippen LogP contribution in [0.25, 0.3) is 0 Å². The molecule has 7 nitrogen and oxygen atoms in total. The van der Waals surface area contributed by atoms with Gasteiger partial charge in [0.25, 0.3) is 0 Å². The third kappa shape index (κ3) is 6.01. The number of rotatable bonds is 6. The fourth-order valence-electron chi connectivity index (χ4n) is 4.13. The van der Waals surface area contributed by atoms with Crippen LogP contribution in [0.15, 0.2) is 24.3 Å². The summed E-state index contributed by atoms with van der Waals surface area (Å²) in [5.74, 6) is -0.399. The predicted molar refractivity (Wildman–Crippen MR) is 111 cm³/mol. The van der Waals surface area contributed by atoms with Gasteiger partial charge in [-0.1, -0.05) is 12.1 Å². The smallest absolute Gasteiger partial charge is 0.234 e. The minimum Gasteiger partial charge on any atom is -0.355 e. The van der Waals surface area contributed by atoms with Crippen molar-refractivity contribution in [3.05, 3.63) is 35.6 Å². The van der Waals surface area contributed by atoms with Crippen LogP contribution in [0, 0.1) is 11.7 Å². The number of carbonyl (C=O) groups excluding carboxylic acids is 3. The molecule has 1 N–H and O–H groups in total. The van der Waals surface area contributed by atoms with Crippen molar-refractivity contribution in [3.63, 3.8) is 0 Å². The number of hydrogen-bond donors (Lipinski definition) is 1. The van der Waals surface area contributed by atoms with Crippen LogP contribution >= 0.6 is 0 Å². The molecule has 2 aliphatic heterocycles. The molecule has 1 aromatic carbocycles. The highest BCUT2D eigenvalue weighted by atomic mass is 19.1. The molecule has 1 unspecified atom stereocenters. The molecule has 2 saturated heterocycles. The lowest BCUT2D eigenvalue weighted by molar-refractivity contribution is -0.142. The van der Waals surface area contributed by atoms with Gasteiger partial charge in [-0.25, -0.2) is 4.39 Å². The molecule has 0 spiro atoms. The summed E-state index contributed by atoms with van der Waals surface area (Å²) in [5.41, 5.74) is 0.776. The highest BCUT2D eigenvalue weighted by Crippen LogP contribution is 2.21. The third-order valence-electron chi connectivity index (χ3n) is 5.82. The van der Waals surface area contributed by atoms with Gasteiger partial charge in [0, 0.05) is 45.8 Å². The number of likely N-dealkylation sites (tertiary alicyclic amines) is 1. The van der Waals surface area contributed by atoms with Crippen molar-refractivity contribution in [2.24, 2.45) is 5.92 Å². The van der Waals surface area contributed by atoms with Crippen molar-refractivity contribution in [2.45, 2.75) is 26.2 Å². The number of likely N-dealkylation sites (N-methyl/N-ethyl adjacent to an activating group) is 1. The number of nitrogens with one attached hydrogen (secondary N) is 1. The Bertz CT molecular complexity index is 747. The minimum atomic E-state index is -0.319. The Labute approximate surface area is 177 Å². The molecule has 2 heterocycles. The normalized spacial score (nSPS) is 20.1. The Morgan fingerprint density at radius 3 is 2.40 bits per heavy atom. The van der Waals surface area contributed by atoms with Gasteiger partial charge in [-0.15, -0.1) is 0 Å². The van der Waals surface area contributed by atoms with Gasteiger partial charge in [-0.05, 0) is 37.5 Å². The van der Waals surface area contributed by atoms with E-state index in [2.05, 4.69) is 10.2 Å². The van der Waals surface area contributed by atoms with Gasteiger partial charge in [0.15, 0.2) is 0 Å². The van der Waals surface area contributed by atoms with E-state index >= 15 is 0 Å². The maximum Gasteiger partial charge on any atom is 0.234 e. The Hall–Kier alpha value is -2.48. The molecule has 2 aliphatic rings. The molecule has 30 heavy (non-hydrogen) atoms. The standard InChI is InChI=1S/C22H31FN4O3/c1-2-24-20(28)16-25-10-12-26(13-11-25)22(30)18-4-3-9-27(15-18)21(29)14-17-5-7-19(23)8-6-17/h5-8,18H,2-4,9-16H2,1H3,(H,24,28). The average molecular weight is 419 g/mol. The minimum absolute atomic E-state index is 0.0138. The highest BCUT2D eigenvalue weighted by Gasteiger charge is 2.32. The van der Waals surface area contributed by atoms with E-state index < -0.39 is 0 Å². The summed E-state index contributed by atoms with van der Waals surface area (Å²) in [6.07, 6.45) is 1.82. The summed E-state index contributed by atoms with van der Waals surface area (Å²) in [5, 5.41) is 2.80. The van der Waals surface area contributed by atoms with Crippen molar-refractivity contribution in [1.82, 2.24) is 20.0 Å². The molecule has 8 heteroatoms. The van der Waals surface area contributed by atoms with Crippen LogP contribution in [0.4, 0.5) is 4.39 Å². The number of hydrogen-bond acceptors (Lipinski definition) is 4. The maximum atomic E-state index is 13.1. The van der Waals surface area contributed by atoms with Gasteiger partial charge >= 0.3 is 0 Å². The second-order valence-electron chi connectivity index (χ2n) is 8.04. The number of amides is 3. The molecule has 164 valence electrons. The van der Waals surface area contributed by atoms with Crippen molar-refractivity contribution >= 4 is 17.7 Å². The summed E-state index contributed by atoms with van der Waals surface area (Å²) in [7, 11) is 0. The van der Waals surface area contributed by atoms with Crippen LogP contribution in [-0.2, 0) is 20.8 Å². The lowest BCUT2D eigenvalue weighted by atomic mass is 9.95. The van der Waals surface area contributed by atoms with E-state index in [1.807, 2.05) is 11.8 Å². The molecule has 1 aromatic rings. The van der Waals surface area contributed by atoms with Gasteiger partial charge in [-0.2, -0.15) is 0 Å². The van der Waals surface area contributed by atoms with Crippen molar-refractivity contribution < 1.29 is 18.8 Å². The number of carbonyl (C=O) groups is 3. The second-order valence-corrected chi connectivity index (χ2v) is 8.04. The zero-order valence-corrected chi connectivity index (χ0v) is 17.6. The topological polar surface area (TPSA) is 73.0 Å². The quantitative estimate of drug-likeness (QED) is 0.745. The predicted octanol–water partition coefficient (Wildman–Crippen LogP) is 0.887. The Kier molecular flexibility index (Phi) is 7.79. The number of halogens is 1. The fourth-order valence-corrected chi connectivity index (χ4v) is 4.13. The van der Waals surface area contributed by atoms with E-state index in [-0.39, 0.29) is 35.9 Å². The monoisotopic (exact) mass is 418 g/mol. The highest BCUT2D eigenvalue weighted by molar-refractivity contribution is 5.82. The maximum absolute atomic E-state index is 13.1. The SMILES string of the molecule is CCNC(=O)CN1CCN(C(=O)C2CCCN(C(=O)Cc3ccc(F)cc3)C2)CC1. The van der Waals surface area contributed by atoms with E-state index in [4.69, 9.17) is 0 Å². The van der Waals surface area contributed by atoms with Crippen LogP contribution in [0.3, 0.4) is 0 Å². The van der Waals surface area contributed by atoms with Crippen LogP contribution in [0.1, 0.15) is 25.3 Å². The van der Waals surface area contributed by atoms with E-state index in [0.29, 0.717) is 52.4 Å². The van der Waals surface area contributed by atoms with Gasteiger partial charge in [0.05, 0.1) is 18.9 Å². The molecule has 0 radical (unpaired) electrons. The zero-order chi connectivity index (χ0) is 21.5. The van der Waals surface area contributed by atoms with Gasteiger partial charge in [0.2, 0.25) is 17.7 Å². The molecule has 3 rings (SSSR count). The Morgan fingerprint density at radius 2 is 1.73 bits per heavy atom. The molecule has 0 aromatic heterocycles. The number of piperidine rings is 1. The molecule has 0 bridgehead atoms. The molecule has 0 saturated carbocycles. The van der Waals surface area contributed by atoms with Crippen LogP contribution in [-0.4, -0.2) is 84.8 Å². The first-order chi connectivity index (χ1) is 14.5. The van der Waals surface area contributed by atoms with E-state index in [1.54, 1.807) is 17.0 Å². The number of piperazine rings is 1. The molecule has 2 fully saturated rings. The summed E-state index contributed by atoms with van der Waals surface area (Å²) < 4.78 is 13.1. The second kappa shape index (κ2) is 10.5. The first-order valence-corrected chi connectivity index (χ1v) is 10.8. The molecular weight excluding hydrogens is 387 g/mol. The first-order valence-electron chi connectivity index (χ1n) is 10.8. The molecular formula is C22H31FN4O3. The average Bonchev–Trinajstić information content (AvgIpc) is 2.75. The fraction of sp³-hybridized carbons (Fsp3) is 0.591. The lowest BCUT2D eigenvalue weighted by Crippen LogP contribution is -2.54. The summed E-state index contributed by atoms with van der Waals surface area (Å²) in [4.78, 5) is 43.1. The van der Waals surface area contributed by atoms with Crippen molar-refractivity contribution in [3.8, 4) is 0 Å². The Balaban J connectivity index is 1.48. The van der Waals surface area contributed by atoms with Crippen LogP contribution in [0.5, 0.6) is 0 Å². The molecule has 3 amide bonds. The van der Waals surface area contributed by atoms with Crippen molar-refractivity contribution in [2.75, 3.05) is 52.4 Å². The van der Waals surface area contributed by atoms with Gasteiger partial charge in [0.1, 0.15) is 5.82 Å². The molecule has 0 aliphatic carbocycles. The van der Waals surface area contributed by atoms with Crippen LogP contribution in [0.2, 0.25) is 0 Å². The largest absolute Gasteiger partial charge is 0.355 e. The summed E-state index contributed by atoms with van der Waals surface area (Å²) in [6.45, 7) is 6.57. The van der Waals surface area contributed by atoms with E-state index in [1.165, 1.54) is 12.1 Å². The first kappa shape index (κ1) is 22.2. The third-order valence-corrected chi connectivity index (χ3v) is 5.82. The van der Waals surface area contributed by atoms with Crippen LogP contribution < -0.4 is 5.32 Å². The Morgan fingerprint density at radius 1 is 1.03 bits per heavy atom. The zero-order valence-electron chi connectivity index (χ0n) is 17.6. The van der Waals surface area contributed by atoms with E-state index in [0.717, 1.165) is 18.4 Å². The number of benzene rings is 1. The lowest BCUT2D eigenvalue weighted by Gasteiger charge is -2.38. The summed E-state index contributed by atoms with van der Waals surface area (Å²) in [6, 6.07) is 5.97. The van der Waals surface area contributed by atoms with Gasteiger partial charge in [-0.3, -0.25) is 19.3 Å². The number of nitrogens with zero attached hydrogens (tertiary/aromatic N) is 3. The molecule has 1 atom stereocenters. The van der Waals surface area contributed by atoms with E-state index in [9.17, 15) is 18.8 Å². The van der Waals surface area contributed by atoms with Gasteiger partial charge < -0.3 is 15.1 Å².